The topological polar surface area (TPSA) is 52.6 Å². The van der Waals surface area contributed by atoms with E-state index in [2.05, 4.69) is 38.5 Å². The van der Waals surface area contributed by atoms with Gasteiger partial charge in [0.05, 0.1) is 11.1 Å². The number of hydrogen-bond donors (Lipinski definition) is 0. The van der Waals surface area contributed by atoms with E-state index in [-0.39, 0.29) is 0 Å². The van der Waals surface area contributed by atoms with Crippen molar-refractivity contribution in [3.8, 4) is 5.75 Å². The summed E-state index contributed by atoms with van der Waals surface area (Å²) in [5, 5.41) is 0.296. The van der Waals surface area contributed by atoms with Crippen LogP contribution in [0.1, 0.15) is 32.1 Å². The molecule has 6 heteroatoms. The zero-order valence-electron chi connectivity index (χ0n) is 12.4. The minimum Gasteiger partial charge on any atom is -0.450 e. The largest absolute Gasteiger partial charge is 0.450 e. The van der Waals surface area contributed by atoms with Crippen molar-refractivity contribution in [2.75, 3.05) is 5.33 Å². The Morgan fingerprint density at radius 1 is 1.30 bits per heavy atom. The molecule has 0 amide bonds. The summed E-state index contributed by atoms with van der Waals surface area (Å²) >= 11 is 5.47. The molecule has 1 aromatic carbocycles. The lowest BCUT2D eigenvalue weighted by atomic mass is 9.79. The van der Waals surface area contributed by atoms with Gasteiger partial charge in [0.2, 0.25) is 0 Å². The first-order chi connectivity index (χ1) is 11.1. The second-order valence-corrected chi connectivity index (χ2v) is 7.58. The summed E-state index contributed by atoms with van der Waals surface area (Å²) in [5.41, 5.74) is -0.00209. The zero-order valence-corrected chi connectivity index (χ0v) is 16.2. The van der Waals surface area contributed by atoms with E-state index in [0.29, 0.717) is 35.1 Å². The van der Waals surface area contributed by atoms with E-state index in [1.165, 1.54) is 0 Å². The first-order valence-electron chi connectivity index (χ1n) is 7.56. The summed E-state index contributed by atoms with van der Waals surface area (Å²) in [6, 6.07) is 7.28. The Hall–Kier alpha value is -0.890. The van der Waals surface area contributed by atoms with Crippen LogP contribution in [-0.4, -0.2) is 22.9 Å². The molecule has 1 aliphatic carbocycles. The molecule has 0 aromatic heterocycles. The molecule has 122 valence electrons. The van der Waals surface area contributed by atoms with Crippen molar-refractivity contribution in [1.82, 2.24) is 0 Å². The maximum atomic E-state index is 12.8. The van der Waals surface area contributed by atoms with Gasteiger partial charge in [-0.3, -0.25) is 0 Å². The smallest absolute Gasteiger partial charge is 0.344 e. The summed E-state index contributed by atoms with van der Waals surface area (Å²) < 4.78 is 12.2. The van der Waals surface area contributed by atoms with Crippen LogP contribution in [0.2, 0.25) is 0 Å². The molecule has 1 fully saturated rings. The number of halogens is 2. The first-order valence-corrected chi connectivity index (χ1v) is 9.76. The van der Waals surface area contributed by atoms with Gasteiger partial charge in [-0.2, -0.15) is 0 Å². The van der Waals surface area contributed by atoms with Crippen LogP contribution in [0.15, 0.2) is 35.4 Å². The number of benzene rings is 1. The highest BCUT2D eigenvalue weighted by Gasteiger charge is 2.51. The summed E-state index contributed by atoms with van der Waals surface area (Å²) in [6.07, 6.45) is 4.37. The summed E-state index contributed by atoms with van der Waals surface area (Å²) in [5.74, 6) is -0.402. The lowest BCUT2D eigenvalue weighted by Gasteiger charge is -2.33. The fourth-order valence-electron chi connectivity index (χ4n) is 3.26. The van der Waals surface area contributed by atoms with Crippen LogP contribution in [0.25, 0.3) is 0 Å². The Morgan fingerprint density at radius 3 is 2.70 bits per heavy atom. The number of hydrogen-bond acceptors (Lipinski definition) is 4. The molecule has 0 radical (unpaired) electrons. The molecule has 1 aliphatic heterocycles. The number of esters is 2. The molecule has 23 heavy (non-hydrogen) atoms. The van der Waals surface area contributed by atoms with Crippen molar-refractivity contribution in [3.05, 3.63) is 39.0 Å². The highest BCUT2D eigenvalue weighted by molar-refractivity contribution is 14.1. The van der Waals surface area contributed by atoms with Crippen molar-refractivity contribution in [1.29, 1.82) is 0 Å². The molecule has 0 bridgehead atoms. The number of ether oxygens (including phenoxy) is 2. The monoisotopic (exact) mass is 490 g/mol. The van der Waals surface area contributed by atoms with Crippen LogP contribution in [0, 0.1) is 3.57 Å². The highest BCUT2D eigenvalue weighted by atomic mass is 127. The van der Waals surface area contributed by atoms with Gasteiger partial charge in [-0.15, -0.1) is 0 Å². The van der Waals surface area contributed by atoms with Gasteiger partial charge < -0.3 is 9.47 Å². The predicted octanol–water partition coefficient (Wildman–Crippen LogP) is 4.15. The first kappa shape index (κ1) is 17.0. The van der Waals surface area contributed by atoms with Crippen LogP contribution in [0.5, 0.6) is 5.75 Å². The van der Waals surface area contributed by atoms with E-state index in [1.807, 2.05) is 12.1 Å². The van der Waals surface area contributed by atoms with Crippen molar-refractivity contribution in [2.24, 2.45) is 0 Å². The van der Waals surface area contributed by atoms with E-state index >= 15 is 0 Å². The van der Waals surface area contributed by atoms with E-state index in [4.69, 9.17) is 9.47 Å². The van der Waals surface area contributed by atoms with Gasteiger partial charge in [-0.25, -0.2) is 9.59 Å². The Balaban J connectivity index is 1.93. The number of alkyl halides is 1. The minimum absolute atomic E-state index is 0.296. The Kier molecular flexibility index (Phi) is 5.10. The van der Waals surface area contributed by atoms with Crippen molar-refractivity contribution in [3.63, 3.8) is 0 Å². The zero-order chi connectivity index (χ0) is 16.4. The van der Waals surface area contributed by atoms with E-state index in [1.54, 1.807) is 12.1 Å². The molecule has 0 N–H and O–H groups in total. The summed E-state index contributed by atoms with van der Waals surface area (Å²) in [7, 11) is 0. The lowest BCUT2D eigenvalue weighted by molar-refractivity contribution is -0.150. The van der Waals surface area contributed by atoms with Gasteiger partial charge in [0, 0.05) is 8.90 Å². The van der Waals surface area contributed by atoms with E-state index in [9.17, 15) is 9.59 Å². The quantitative estimate of drug-likeness (QED) is 0.276. The number of carbonyl (C=O) groups is 2. The molecule has 1 aromatic rings. The molecule has 0 unspecified atom stereocenters. The second kappa shape index (κ2) is 6.93. The molecule has 3 rings (SSSR count). The standard InChI is InChI=1S/C17H16BrIO4/c18-10-13-14(16(21)22-12-6-4-5-11(19)9-12)17(23-15(13)20)7-2-1-3-8-17/h4-6,9H,1-3,7-8,10H2. The fourth-order valence-corrected chi connectivity index (χ4v) is 4.29. The Bertz CT molecular complexity index is 677. The second-order valence-electron chi connectivity index (χ2n) is 5.78. The third-order valence-corrected chi connectivity index (χ3v) is 5.53. The summed E-state index contributed by atoms with van der Waals surface area (Å²) in [6.45, 7) is 0. The minimum atomic E-state index is -0.794. The van der Waals surface area contributed by atoms with E-state index in [0.717, 1.165) is 22.8 Å². The van der Waals surface area contributed by atoms with Crippen molar-refractivity contribution in [2.45, 2.75) is 37.7 Å². The molecule has 1 heterocycles. The molecule has 4 nitrogen and oxygen atoms in total. The third-order valence-electron chi connectivity index (χ3n) is 4.30. The molecule has 2 aliphatic rings. The molecular weight excluding hydrogens is 475 g/mol. The predicted molar refractivity (Wildman–Crippen MR) is 97.5 cm³/mol. The lowest BCUT2D eigenvalue weighted by Crippen LogP contribution is -2.38. The van der Waals surface area contributed by atoms with Gasteiger partial charge in [0.25, 0.3) is 0 Å². The number of carbonyl (C=O) groups excluding carboxylic acids is 2. The average molecular weight is 491 g/mol. The SMILES string of the molecule is O=C1OC2(CCCCC2)C(C(=O)Oc2cccc(I)c2)=C1CBr. The van der Waals surface area contributed by atoms with Gasteiger partial charge in [-0.05, 0) is 66.5 Å². The maximum Gasteiger partial charge on any atom is 0.344 e. The summed E-state index contributed by atoms with van der Waals surface area (Å²) in [4.78, 5) is 25.0. The van der Waals surface area contributed by atoms with Crippen molar-refractivity contribution >= 4 is 50.5 Å². The van der Waals surface area contributed by atoms with Crippen LogP contribution in [0.4, 0.5) is 0 Å². The molecule has 1 saturated carbocycles. The molecule has 1 spiro atoms. The average Bonchev–Trinajstić information content (AvgIpc) is 2.79. The van der Waals surface area contributed by atoms with Gasteiger partial charge in [-0.1, -0.05) is 28.4 Å². The molecular formula is C17H16BrIO4. The highest BCUT2D eigenvalue weighted by Crippen LogP contribution is 2.44. The number of rotatable bonds is 3. The maximum absolute atomic E-state index is 12.8. The van der Waals surface area contributed by atoms with Gasteiger partial charge >= 0.3 is 11.9 Å². The van der Waals surface area contributed by atoms with Gasteiger partial charge in [0.1, 0.15) is 11.4 Å². The van der Waals surface area contributed by atoms with Crippen LogP contribution in [-0.2, 0) is 14.3 Å². The van der Waals surface area contributed by atoms with E-state index < -0.39 is 17.5 Å². The van der Waals surface area contributed by atoms with Crippen molar-refractivity contribution < 1.29 is 19.1 Å². The molecule has 0 atom stereocenters. The molecule has 0 saturated heterocycles. The van der Waals surface area contributed by atoms with Crippen LogP contribution < -0.4 is 4.74 Å². The fraction of sp³-hybridized carbons (Fsp3) is 0.412. The Labute approximate surface area is 156 Å². The van der Waals surface area contributed by atoms with Gasteiger partial charge in [0.15, 0.2) is 0 Å². The third kappa shape index (κ3) is 3.33. The normalized spacial score (nSPS) is 19.8. The van der Waals surface area contributed by atoms with Crippen LogP contribution >= 0.6 is 38.5 Å². The Morgan fingerprint density at radius 2 is 2.04 bits per heavy atom. The van der Waals surface area contributed by atoms with Crippen LogP contribution in [0.3, 0.4) is 0 Å².